The number of carbonyl (C=O) groups is 1. The third kappa shape index (κ3) is 3.97. The normalized spacial score (nSPS) is 12.6. The first-order valence-electron chi connectivity index (χ1n) is 5.43. The van der Waals surface area contributed by atoms with Gasteiger partial charge in [-0.15, -0.1) is 0 Å². The molecule has 1 rings (SSSR count). The lowest BCUT2D eigenvalue weighted by molar-refractivity contribution is -0.131. The fourth-order valence-electron chi connectivity index (χ4n) is 1.21. The molecular formula is C12H14O7S. The van der Waals surface area contributed by atoms with Crippen molar-refractivity contribution in [2.75, 3.05) is 0 Å². The van der Waals surface area contributed by atoms with Gasteiger partial charge in [-0.25, -0.2) is 4.79 Å². The highest BCUT2D eigenvalue weighted by molar-refractivity contribution is 7.87. The summed E-state index contributed by atoms with van der Waals surface area (Å²) in [5.74, 6) is -1.67. The summed E-state index contributed by atoms with van der Waals surface area (Å²) in [4.78, 5) is 8.43. The maximum Gasteiger partial charge on any atom is 0.328 e. The van der Waals surface area contributed by atoms with Gasteiger partial charge < -0.3 is 14.9 Å². The van der Waals surface area contributed by atoms with Gasteiger partial charge in [0.15, 0.2) is 11.5 Å². The van der Waals surface area contributed by atoms with Crippen LogP contribution in [0.5, 0.6) is 11.5 Å². The van der Waals surface area contributed by atoms with Crippen LogP contribution in [0, 0.1) is 0 Å². The predicted octanol–water partition coefficient (Wildman–Crippen LogP) is 1.49. The molecule has 3 N–H and O–H groups in total. The first-order valence-corrected chi connectivity index (χ1v) is 6.87. The van der Waals surface area contributed by atoms with E-state index < -0.39 is 21.0 Å². The fraction of sp³-hybridized carbons (Fsp3) is 0.250. The molecule has 0 spiro atoms. The van der Waals surface area contributed by atoms with Crippen LogP contribution in [0.3, 0.4) is 0 Å². The largest absolute Gasteiger partial charge is 0.504 e. The zero-order valence-electron chi connectivity index (χ0n) is 10.8. The summed E-state index contributed by atoms with van der Waals surface area (Å²) in [5, 5.41) is 18.2. The van der Waals surface area contributed by atoms with Crippen LogP contribution in [-0.2, 0) is 14.9 Å². The molecule has 0 aliphatic rings. The van der Waals surface area contributed by atoms with Crippen LogP contribution in [0.1, 0.15) is 19.4 Å². The van der Waals surface area contributed by atoms with E-state index in [9.17, 15) is 18.3 Å². The lowest BCUT2D eigenvalue weighted by Crippen LogP contribution is -2.37. The van der Waals surface area contributed by atoms with Crippen LogP contribution < -0.4 is 4.74 Å². The molecule has 0 aliphatic heterocycles. The van der Waals surface area contributed by atoms with E-state index in [1.165, 1.54) is 24.3 Å². The number of aliphatic carboxylic acids is 1. The number of phenolic OH excluding ortho intramolecular Hbond substituents is 1. The molecule has 0 saturated heterocycles. The van der Waals surface area contributed by atoms with Gasteiger partial charge in [0, 0.05) is 6.08 Å². The van der Waals surface area contributed by atoms with E-state index in [2.05, 4.69) is 0 Å². The summed E-state index contributed by atoms with van der Waals surface area (Å²) in [6.45, 7) is 2.25. The van der Waals surface area contributed by atoms with Gasteiger partial charge in [-0.1, -0.05) is 6.07 Å². The molecule has 0 aromatic heterocycles. The Bertz CT molecular complexity index is 644. The van der Waals surface area contributed by atoms with Gasteiger partial charge in [0.2, 0.25) is 4.93 Å². The van der Waals surface area contributed by atoms with Crippen molar-refractivity contribution >= 4 is 22.2 Å². The maximum atomic E-state index is 11.1. The minimum absolute atomic E-state index is 0.153. The first-order chi connectivity index (χ1) is 9.03. The van der Waals surface area contributed by atoms with Gasteiger partial charge in [0.1, 0.15) is 0 Å². The molecule has 0 saturated carbocycles. The number of hydrogen-bond acceptors (Lipinski definition) is 5. The Labute approximate surface area is 115 Å². The van der Waals surface area contributed by atoms with Crippen molar-refractivity contribution in [1.82, 2.24) is 0 Å². The van der Waals surface area contributed by atoms with Crippen LogP contribution in [0.15, 0.2) is 24.3 Å². The van der Waals surface area contributed by atoms with E-state index in [4.69, 9.17) is 14.4 Å². The average molecular weight is 302 g/mol. The molecule has 0 atom stereocenters. The molecule has 20 heavy (non-hydrogen) atoms. The minimum Gasteiger partial charge on any atom is -0.504 e. The highest BCUT2D eigenvalue weighted by atomic mass is 32.2. The maximum absolute atomic E-state index is 11.1. The highest BCUT2D eigenvalue weighted by Crippen LogP contribution is 2.31. The van der Waals surface area contributed by atoms with Gasteiger partial charge in [-0.05, 0) is 37.6 Å². The van der Waals surface area contributed by atoms with Gasteiger partial charge in [0.05, 0.1) is 0 Å². The van der Waals surface area contributed by atoms with Crippen molar-refractivity contribution in [3.05, 3.63) is 29.8 Å². The molecule has 110 valence electrons. The topological polar surface area (TPSA) is 121 Å². The molecule has 1 aromatic carbocycles. The zero-order chi connectivity index (χ0) is 15.6. The van der Waals surface area contributed by atoms with Crippen molar-refractivity contribution in [2.45, 2.75) is 18.8 Å². The smallest absolute Gasteiger partial charge is 0.328 e. The molecule has 0 amide bonds. The number of benzene rings is 1. The first kappa shape index (κ1) is 16.0. The van der Waals surface area contributed by atoms with Crippen LogP contribution >= 0.6 is 0 Å². The van der Waals surface area contributed by atoms with Crippen LogP contribution in [0.25, 0.3) is 6.08 Å². The second kappa shape index (κ2) is 5.51. The van der Waals surface area contributed by atoms with E-state index >= 15 is 0 Å². The Kier molecular flexibility index (Phi) is 4.41. The van der Waals surface area contributed by atoms with Crippen LogP contribution in [0.4, 0.5) is 0 Å². The number of carboxylic acids is 1. The Hall–Kier alpha value is -2.06. The summed E-state index contributed by atoms with van der Waals surface area (Å²) in [5.41, 5.74) is 0.391. The lowest BCUT2D eigenvalue weighted by atomic mass is 10.2. The molecule has 0 fully saturated rings. The second-order valence-corrected chi connectivity index (χ2v) is 6.31. The molecular weight excluding hydrogens is 288 g/mol. The minimum atomic E-state index is -4.47. The number of rotatable bonds is 5. The molecule has 0 heterocycles. The SMILES string of the molecule is CC(C)(Oc1ccc(C=CC(=O)O)cc1O)S(=O)(=O)O. The van der Waals surface area contributed by atoms with Crippen LogP contribution in [0.2, 0.25) is 0 Å². The van der Waals surface area contributed by atoms with E-state index in [0.717, 1.165) is 19.9 Å². The van der Waals surface area contributed by atoms with Crippen molar-refractivity contribution in [1.29, 1.82) is 0 Å². The number of ether oxygens (including phenoxy) is 1. The number of carboxylic acid groups (broad SMARTS) is 1. The summed E-state index contributed by atoms with van der Waals surface area (Å²) < 4.78 is 36.2. The van der Waals surface area contributed by atoms with E-state index in [0.29, 0.717) is 5.56 Å². The quantitative estimate of drug-likeness (QED) is 0.556. The van der Waals surface area contributed by atoms with Crippen LogP contribution in [-0.4, -0.2) is 34.1 Å². The number of phenols is 1. The van der Waals surface area contributed by atoms with Gasteiger partial charge in [-0.3, -0.25) is 4.55 Å². The average Bonchev–Trinajstić information content (AvgIpc) is 2.28. The van der Waals surface area contributed by atoms with Gasteiger partial charge in [0.25, 0.3) is 0 Å². The lowest BCUT2D eigenvalue weighted by Gasteiger charge is -2.23. The molecule has 8 heteroatoms. The van der Waals surface area contributed by atoms with Gasteiger partial charge >= 0.3 is 16.1 Å². The van der Waals surface area contributed by atoms with Crippen molar-refractivity contribution in [2.24, 2.45) is 0 Å². The molecule has 0 bridgehead atoms. The molecule has 0 aliphatic carbocycles. The summed E-state index contributed by atoms with van der Waals surface area (Å²) in [6.07, 6.45) is 2.14. The van der Waals surface area contributed by atoms with E-state index in [-0.39, 0.29) is 11.5 Å². The van der Waals surface area contributed by atoms with Crippen molar-refractivity contribution in [3.63, 3.8) is 0 Å². The zero-order valence-corrected chi connectivity index (χ0v) is 11.6. The Balaban J connectivity index is 3.03. The van der Waals surface area contributed by atoms with Crippen molar-refractivity contribution in [3.8, 4) is 11.5 Å². The number of hydrogen-bond donors (Lipinski definition) is 3. The summed E-state index contributed by atoms with van der Waals surface area (Å²) in [6, 6.07) is 3.90. The fourth-order valence-corrected chi connectivity index (χ4v) is 1.40. The third-order valence-electron chi connectivity index (χ3n) is 2.38. The van der Waals surface area contributed by atoms with E-state index in [1.54, 1.807) is 0 Å². The molecule has 1 aromatic rings. The number of aromatic hydroxyl groups is 1. The molecule has 0 radical (unpaired) electrons. The van der Waals surface area contributed by atoms with E-state index in [1.807, 2.05) is 0 Å². The standard InChI is InChI=1S/C12H14O7S/c1-12(2,20(16,17)18)19-10-5-3-8(7-9(10)13)4-6-11(14)15/h3-7,13H,1-2H3,(H,14,15)(H,16,17,18). The summed E-state index contributed by atoms with van der Waals surface area (Å²) >= 11 is 0. The Morgan fingerprint density at radius 3 is 2.40 bits per heavy atom. The highest BCUT2D eigenvalue weighted by Gasteiger charge is 2.35. The molecule has 0 unspecified atom stereocenters. The second-order valence-electron chi connectivity index (χ2n) is 4.38. The predicted molar refractivity (Wildman–Crippen MR) is 71.0 cm³/mol. The summed E-state index contributed by atoms with van der Waals surface area (Å²) in [7, 11) is -4.47. The molecule has 7 nitrogen and oxygen atoms in total. The van der Waals surface area contributed by atoms with Crippen molar-refractivity contribution < 1.29 is 32.7 Å². The Morgan fingerprint density at radius 1 is 1.35 bits per heavy atom. The third-order valence-corrected chi connectivity index (χ3v) is 3.70. The Morgan fingerprint density at radius 2 is 1.95 bits per heavy atom. The monoisotopic (exact) mass is 302 g/mol. The van der Waals surface area contributed by atoms with Gasteiger partial charge in [-0.2, -0.15) is 8.42 Å².